The number of benzene rings is 2. The largest absolute Gasteiger partial charge is 0.444 e. The average Bonchev–Trinajstić information content (AvgIpc) is 2.97. The maximum Gasteiger partial charge on any atom is 0.408 e. The topological polar surface area (TPSA) is 87.7 Å². The van der Waals surface area contributed by atoms with Crippen molar-refractivity contribution in [3.8, 4) is 0 Å². The number of carbonyl (C=O) groups is 3. The fraction of sp³-hybridized carbons (Fsp3) is 0.595. The number of amides is 3. The molecule has 0 heterocycles. The molecule has 1 saturated carbocycles. The second kappa shape index (κ2) is 17.2. The maximum atomic E-state index is 14.8. The summed E-state index contributed by atoms with van der Waals surface area (Å²) in [7, 11) is 0. The van der Waals surface area contributed by atoms with Gasteiger partial charge in [0.25, 0.3) is 0 Å². The Morgan fingerprint density at radius 3 is 2.25 bits per heavy atom. The predicted octanol–water partition coefficient (Wildman–Crippen LogP) is 7.73. The van der Waals surface area contributed by atoms with Crippen LogP contribution in [0.2, 0.25) is 0 Å². The van der Waals surface area contributed by atoms with Crippen LogP contribution >= 0.6 is 0 Å². The van der Waals surface area contributed by atoms with Crippen molar-refractivity contribution in [2.75, 3.05) is 6.54 Å². The fourth-order valence-electron chi connectivity index (χ4n) is 6.00. The van der Waals surface area contributed by atoms with Crippen molar-refractivity contribution in [3.05, 3.63) is 70.8 Å². The number of nitrogens with zero attached hydrogens (tertiary/aromatic N) is 1. The van der Waals surface area contributed by atoms with Crippen molar-refractivity contribution < 1.29 is 19.1 Å². The van der Waals surface area contributed by atoms with Crippen LogP contribution in [0.4, 0.5) is 4.79 Å². The van der Waals surface area contributed by atoms with Gasteiger partial charge in [0, 0.05) is 19.0 Å². The number of nitrogens with one attached hydrogen (secondary N) is 2. The molecule has 2 N–H and O–H groups in total. The molecule has 0 radical (unpaired) electrons. The lowest BCUT2D eigenvalue weighted by Gasteiger charge is -2.36. The zero-order valence-corrected chi connectivity index (χ0v) is 27.9. The van der Waals surface area contributed by atoms with E-state index in [4.69, 9.17) is 4.74 Å². The molecule has 2 aromatic carbocycles. The highest BCUT2D eigenvalue weighted by atomic mass is 16.6. The van der Waals surface area contributed by atoms with E-state index in [0.29, 0.717) is 6.54 Å². The molecule has 2 aromatic rings. The maximum absolute atomic E-state index is 14.8. The molecule has 1 fully saturated rings. The van der Waals surface area contributed by atoms with Crippen LogP contribution in [-0.4, -0.2) is 47.0 Å². The number of unbranched alkanes of at least 4 members (excludes halogenated alkanes) is 4. The Morgan fingerprint density at radius 1 is 0.909 bits per heavy atom. The van der Waals surface area contributed by atoms with Gasteiger partial charge in [-0.3, -0.25) is 9.59 Å². The summed E-state index contributed by atoms with van der Waals surface area (Å²) in [5.41, 5.74) is 3.10. The van der Waals surface area contributed by atoms with Crippen LogP contribution in [-0.2, 0) is 20.7 Å². The van der Waals surface area contributed by atoms with Gasteiger partial charge in [0.2, 0.25) is 11.8 Å². The first-order valence-corrected chi connectivity index (χ1v) is 16.7. The first-order valence-electron chi connectivity index (χ1n) is 16.7. The molecule has 3 amide bonds. The van der Waals surface area contributed by atoms with Gasteiger partial charge in [-0.2, -0.15) is 0 Å². The molecule has 1 aliphatic carbocycles. The van der Waals surface area contributed by atoms with E-state index in [1.165, 1.54) is 6.42 Å². The van der Waals surface area contributed by atoms with Crippen LogP contribution in [0.3, 0.4) is 0 Å². The van der Waals surface area contributed by atoms with E-state index < -0.39 is 23.8 Å². The van der Waals surface area contributed by atoms with Gasteiger partial charge in [-0.15, -0.1) is 0 Å². The van der Waals surface area contributed by atoms with Crippen molar-refractivity contribution in [3.63, 3.8) is 0 Å². The van der Waals surface area contributed by atoms with Gasteiger partial charge in [0.05, 0.1) is 0 Å². The minimum Gasteiger partial charge on any atom is -0.444 e. The van der Waals surface area contributed by atoms with Crippen molar-refractivity contribution in [1.82, 2.24) is 15.5 Å². The molecule has 2 unspecified atom stereocenters. The molecular formula is C37H55N3O4. The second-order valence-corrected chi connectivity index (χ2v) is 13.4. The van der Waals surface area contributed by atoms with Crippen molar-refractivity contribution in [2.24, 2.45) is 0 Å². The van der Waals surface area contributed by atoms with Gasteiger partial charge in [-0.25, -0.2) is 4.79 Å². The number of rotatable bonds is 14. The Balaban J connectivity index is 2.04. The zero-order valence-electron chi connectivity index (χ0n) is 27.9. The Morgan fingerprint density at radius 2 is 1.59 bits per heavy atom. The van der Waals surface area contributed by atoms with Crippen LogP contribution in [0.5, 0.6) is 0 Å². The van der Waals surface area contributed by atoms with Gasteiger partial charge in [0.1, 0.15) is 17.7 Å². The minimum atomic E-state index is -0.905. The Hall–Kier alpha value is -3.35. The third kappa shape index (κ3) is 11.0. The van der Waals surface area contributed by atoms with E-state index in [-0.39, 0.29) is 24.3 Å². The highest BCUT2D eigenvalue weighted by molar-refractivity contribution is 5.92. The monoisotopic (exact) mass is 605 g/mol. The molecule has 44 heavy (non-hydrogen) atoms. The van der Waals surface area contributed by atoms with Crippen LogP contribution in [0.25, 0.3) is 0 Å². The number of aryl methyl sites for hydroxylation is 1. The summed E-state index contributed by atoms with van der Waals surface area (Å²) >= 11 is 0. The molecular weight excluding hydrogens is 550 g/mol. The molecule has 7 nitrogen and oxygen atoms in total. The minimum absolute atomic E-state index is 0.102. The lowest BCUT2D eigenvalue weighted by molar-refractivity contribution is -0.143. The summed E-state index contributed by atoms with van der Waals surface area (Å²) in [5.74, 6) is -0.428. The summed E-state index contributed by atoms with van der Waals surface area (Å²) in [5, 5.41) is 6.21. The third-order valence-corrected chi connectivity index (χ3v) is 8.51. The number of alkyl carbamates (subject to hydrolysis) is 1. The lowest BCUT2D eigenvalue weighted by atomic mass is 9.92. The van der Waals surface area contributed by atoms with E-state index >= 15 is 0 Å². The van der Waals surface area contributed by atoms with Crippen molar-refractivity contribution in [2.45, 2.75) is 136 Å². The van der Waals surface area contributed by atoms with Crippen LogP contribution in [0, 0.1) is 13.8 Å². The first kappa shape index (κ1) is 35.1. The second-order valence-electron chi connectivity index (χ2n) is 13.4. The normalized spacial score (nSPS) is 15.2. The Bertz CT molecular complexity index is 1200. The number of ether oxygens (including phenoxy) is 1. The molecule has 1 aliphatic rings. The molecule has 2 atom stereocenters. The molecule has 0 aromatic heterocycles. The number of carbonyl (C=O) groups excluding carboxylic acids is 3. The first-order chi connectivity index (χ1) is 21.0. The summed E-state index contributed by atoms with van der Waals surface area (Å²) < 4.78 is 5.59. The predicted molar refractivity (Wildman–Crippen MR) is 177 cm³/mol. The van der Waals surface area contributed by atoms with E-state index in [0.717, 1.165) is 80.0 Å². The molecule has 0 aliphatic heterocycles. The summed E-state index contributed by atoms with van der Waals surface area (Å²) in [4.78, 5) is 43.9. The molecule has 0 spiro atoms. The standard InChI is InChI=1S/C37H55N3O4/c1-7-8-9-10-17-25-40(35(42)32(26-29-20-13-11-14-21-29)39-36(43)44-37(4,5)6)33(31-24-18-19-27(2)28(31)3)34(41)38-30-22-15-12-16-23-30/h11,13-14,18-21,24,30,32-33H,7-10,12,15-17,22-23,25-26H2,1-6H3,(H,38,41)(H,39,43). The van der Waals surface area contributed by atoms with Gasteiger partial charge in [0.15, 0.2) is 0 Å². The van der Waals surface area contributed by atoms with Gasteiger partial charge in [-0.05, 0) is 76.1 Å². The van der Waals surface area contributed by atoms with Crippen LogP contribution in [0.15, 0.2) is 48.5 Å². The van der Waals surface area contributed by atoms with E-state index in [2.05, 4.69) is 17.6 Å². The smallest absolute Gasteiger partial charge is 0.408 e. The SMILES string of the molecule is CCCCCCCN(C(=O)C(Cc1ccccc1)NC(=O)OC(C)(C)C)C(C(=O)NC1CCCCC1)c1cccc(C)c1C. The van der Waals surface area contributed by atoms with E-state index in [1.54, 1.807) is 25.7 Å². The Kier molecular flexibility index (Phi) is 13.7. The summed E-state index contributed by atoms with van der Waals surface area (Å²) in [6.07, 6.45) is 9.98. The van der Waals surface area contributed by atoms with Gasteiger partial charge in [-0.1, -0.05) is 100 Å². The van der Waals surface area contributed by atoms with Gasteiger partial charge < -0.3 is 20.3 Å². The van der Waals surface area contributed by atoms with Crippen LogP contribution in [0.1, 0.15) is 120 Å². The quantitative estimate of drug-likeness (QED) is 0.216. The zero-order chi connectivity index (χ0) is 32.1. The highest BCUT2D eigenvalue weighted by Crippen LogP contribution is 2.29. The third-order valence-electron chi connectivity index (χ3n) is 8.51. The van der Waals surface area contributed by atoms with Crippen molar-refractivity contribution >= 4 is 17.9 Å². The van der Waals surface area contributed by atoms with Crippen molar-refractivity contribution in [1.29, 1.82) is 0 Å². The van der Waals surface area contributed by atoms with E-state index in [9.17, 15) is 14.4 Å². The molecule has 0 bridgehead atoms. The molecule has 3 rings (SSSR count). The molecule has 242 valence electrons. The summed E-state index contributed by atoms with van der Waals surface area (Å²) in [6.45, 7) is 12.1. The molecule has 7 heteroatoms. The number of hydrogen-bond donors (Lipinski definition) is 2. The Labute approximate surface area is 265 Å². The highest BCUT2D eigenvalue weighted by Gasteiger charge is 2.37. The fourth-order valence-corrected chi connectivity index (χ4v) is 6.00. The lowest BCUT2D eigenvalue weighted by Crippen LogP contribution is -2.55. The number of hydrogen-bond acceptors (Lipinski definition) is 4. The van der Waals surface area contributed by atoms with Crippen LogP contribution < -0.4 is 10.6 Å². The molecule has 0 saturated heterocycles. The summed E-state index contributed by atoms with van der Waals surface area (Å²) in [6, 6.07) is 14.0. The van der Waals surface area contributed by atoms with E-state index in [1.807, 2.05) is 62.4 Å². The van der Waals surface area contributed by atoms with Gasteiger partial charge >= 0.3 is 6.09 Å². The average molecular weight is 606 g/mol.